The summed E-state index contributed by atoms with van der Waals surface area (Å²) in [5.74, 6) is 0.290. The number of benzene rings is 1. The van der Waals surface area contributed by atoms with Gasteiger partial charge in [0.25, 0.3) is 0 Å². The van der Waals surface area contributed by atoms with Gasteiger partial charge in [-0.25, -0.2) is 0 Å². The van der Waals surface area contributed by atoms with E-state index in [1.165, 1.54) is 20.0 Å². The van der Waals surface area contributed by atoms with Gasteiger partial charge < -0.3 is 39.7 Å². The molecule has 2 fully saturated rings. The molecule has 1 aromatic carbocycles. The van der Waals surface area contributed by atoms with Crippen molar-refractivity contribution in [3.63, 3.8) is 0 Å². The Morgan fingerprint density at radius 2 is 1.93 bits per heavy atom. The quantitative estimate of drug-likeness (QED) is 0.281. The first-order chi connectivity index (χ1) is 20.4. The van der Waals surface area contributed by atoms with Crippen molar-refractivity contribution < 1.29 is 39.1 Å². The average Bonchev–Trinajstić information content (AvgIpc) is 3.68. The van der Waals surface area contributed by atoms with Crippen molar-refractivity contribution in [2.75, 3.05) is 59.7 Å². The fraction of sp³-hybridized carbons (Fsp3) is 0.677. The van der Waals surface area contributed by atoms with Crippen LogP contribution in [-0.2, 0) is 20.9 Å². The van der Waals surface area contributed by atoms with Crippen LogP contribution in [0.15, 0.2) is 23.8 Å². The molecule has 2 amide bonds. The summed E-state index contributed by atoms with van der Waals surface area (Å²) in [6, 6.07) is 2.66. The number of hydrogen-bond acceptors (Lipinski definition) is 9. The molecule has 4 aliphatic rings. The van der Waals surface area contributed by atoms with Gasteiger partial charge in [0.15, 0.2) is 11.5 Å². The molecule has 5 rings (SSSR count). The highest BCUT2D eigenvalue weighted by Crippen LogP contribution is 2.51. The van der Waals surface area contributed by atoms with Crippen LogP contribution in [0, 0.1) is 5.92 Å². The van der Waals surface area contributed by atoms with Crippen LogP contribution in [0.4, 0.5) is 0 Å². The van der Waals surface area contributed by atoms with Gasteiger partial charge in [0.2, 0.25) is 11.8 Å². The van der Waals surface area contributed by atoms with Crippen molar-refractivity contribution in [2.45, 2.75) is 69.3 Å². The average molecular weight is 588 g/mol. The van der Waals surface area contributed by atoms with Crippen LogP contribution in [0.1, 0.15) is 55.6 Å². The Morgan fingerprint density at radius 3 is 2.62 bits per heavy atom. The van der Waals surface area contributed by atoms with E-state index in [2.05, 4.69) is 10.2 Å². The van der Waals surface area contributed by atoms with Crippen LogP contribution >= 0.6 is 0 Å². The van der Waals surface area contributed by atoms with Gasteiger partial charge in [0, 0.05) is 50.3 Å². The molecular formula is C31H45N3O8. The summed E-state index contributed by atoms with van der Waals surface area (Å²) in [5, 5.41) is 33.9. The van der Waals surface area contributed by atoms with E-state index in [0.717, 1.165) is 32.4 Å². The van der Waals surface area contributed by atoms with Gasteiger partial charge in [-0.3, -0.25) is 14.5 Å². The Hall–Kier alpha value is -2.70. The molecule has 4 atom stereocenters. The van der Waals surface area contributed by atoms with E-state index in [1.54, 1.807) is 23.1 Å². The van der Waals surface area contributed by atoms with E-state index < -0.39 is 30.1 Å². The Bertz CT molecular complexity index is 1130. The lowest BCUT2D eigenvalue weighted by Crippen LogP contribution is -2.57. The van der Waals surface area contributed by atoms with E-state index in [1.807, 2.05) is 0 Å². The second kappa shape index (κ2) is 14.2. The summed E-state index contributed by atoms with van der Waals surface area (Å²) < 4.78 is 17.4. The maximum absolute atomic E-state index is 13.9. The molecule has 0 radical (unpaired) electrons. The highest BCUT2D eigenvalue weighted by Gasteiger charge is 2.51. The number of rotatable bonds is 12. The molecule has 232 valence electrons. The maximum Gasteiger partial charge on any atom is 0.247 e. The predicted molar refractivity (Wildman–Crippen MR) is 154 cm³/mol. The minimum Gasteiger partial charge on any atom is -0.493 e. The molecule has 2 heterocycles. The second-order valence-corrected chi connectivity index (χ2v) is 11.7. The first-order valence-corrected chi connectivity index (χ1v) is 15.3. The molecule has 0 unspecified atom stereocenters. The molecular weight excluding hydrogens is 542 g/mol. The van der Waals surface area contributed by atoms with E-state index >= 15 is 0 Å². The number of aliphatic hydroxyl groups is 3. The number of nitrogens with zero attached hydrogens (tertiary/aromatic N) is 2. The van der Waals surface area contributed by atoms with E-state index in [9.17, 15) is 24.9 Å². The smallest absolute Gasteiger partial charge is 0.247 e. The molecule has 2 aliphatic heterocycles. The van der Waals surface area contributed by atoms with E-state index in [-0.39, 0.29) is 25.7 Å². The molecule has 1 saturated heterocycles. The second-order valence-electron chi connectivity index (χ2n) is 11.7. The van der Waals surface area contributed by atoms with Gasteiger partial charge in [-0.15, -0.1) is 0 Å². The number of nitrogens with one attached hydrogen (secondary N) is 1. The van der Waals surface area contributed by atoms with E-state index in [4.69, 9.17) is 14.2 Å². The number of carbonyl (C=O) groups is 2. The molecule has 0 aromatic heterocycles. The van der Waals surface area contributed by atoms with Crippen molar-refractivity contribution in [3.8, 4) is 11.5 Å². The highest BCUT2D eigenvalue weighted by atomic mass is 16.5. The summed E-state index contributed by atoms with van der Waals surface area (Å²) in [5.41, 5.74) is 1.59. The third-order valence-electron chi connectivity index (χ3n) is 9.18. The molecule has 2 aliphatic carbocycles. The zero-order valence-corrected chi connectivity index (χ0v) is 24.5. The highest BCUT2D eigenvalue weighted by molar-refractivity contribution is 5.96. The SMILES string of the molecule is COc1cc(CO)cc2c1O[C@@H]1[C@@H](O)[C@H](N(CCN3CCOCC3)C(=O)CCC3CCCC3)C=C(C(=O)NCCO)[C@H]21. The zero-order chi connectivity index (χ0) is 29.6. The van der Waals surface area contributed by atoms with Crippen LogP contribution in [0.3, 0.4) is 0 Å². The molecule has 11 heteroatoms. The van der Waals surface area contributed by atoms with Gasteiger partial charge in [-0.2, -0.15) is 0 Å². The number of aliphatic hydroxyl groups excluding tert-OH is 3. The molecule has 42 heavy (non-hydrogen) atoms. The van der Waals surface area contributed by atoms with Crippen LogP contribution in [0.5, 0.6) is 11.5 Å². The predicted octanol–water partition coefficient (Wildman–Crippen LogP) is 0.941. The van der Waals surface area contributed by atoms with Crippen LogP contribution in [0.2, 0.25) is 0 Å². The van der Waals surface area contributed by atoms with Crippen LogP contribution in [-0.4, -0.2) is 115 Å². The minimum atomic E-state index is -1.11. The van der Waals surface area contributed by atoms with Crippen molar-refractivity contribution in [1.29, 1.82) is 0 Å². The first-order valence-electron chi connectivity index (χ1n) is 15.3. The minimum absolute atomic E-state index is 0.0420. The van der Waals surface area contributed by atoms with Crippen molar-refractivity contribution in [3.05, 3.63) is 34.9 Å². The topological polar surface area (TPSA) is 141 Å². The van der Waals surface area contributed by atoms with Crippen LogP contribution < -0.4 is 14.8 Å². The molecule has 1 aromatic rings. The summed E-state index contributed by atoms with van der Waals surface area (Å²) in [6.45, 7) is 3.48. The monoisotopic (exact) mass is 587 g/mol. The standard InChI is InChI=1S/C31H45N3O8/c1-40-25-17-21(19-36)16-22-27-23(31(39)32-8-13-35)18-24(28(38)30(27)42-29(22)25)34(10-9-33-11-14-41-15-12-33)26(37)7-6-20-4-2-3-5-20/h16-18,20,24,27-28,30,35-36,38H,2-15,19H2,1H3,(H,32,39)/t24-,27+,28+,30+/m1/s1. The van der Waals surface area contributed by atoms with Gasteiger partial charge >= 0.3 is 0 Å². The summed E-state index contributed by atoms with van der Waals surface area (Å²) in [4.78, 5) is 31.4. The lowest BCUT2D eigenvalue weighted by molar-refractivity contribution is -0.138. The molecule has 4 N–H and O–H groups in total. The molecule has 11 nitrogen and oxygen atoms in total. The number of hydrogen-bond donors (Lipinski definition) is 4. The molecule has 0 bridgehead atoms. The first kappa shape index (κ1) is 30.7. The molecule has 1 saturated carbocycles. The summed E-state index contributed by atoms with van der Waals surface area (Å²) >= 11 is 0. The maximum atomic E-state index is 13.9. The van der Waals surface area contributed by atoms with Crippen molar-refractivity contribution >= 4 is 11.8 Å². The largest absolute Gasteiger partial charge is 0.493 e. The Balaban J connectivity index is 1.48. The number of ether oxygens (including phenoxy) is 3. The normalized spacial score (nSPS) is 25.8. The third-order valence-corrected chi connectivity index (χ3v) is 9.18. The van der Waals surface area contributed by atoms with Crippen molar-refractivity contribution in [1.82, 2.24) is 15.1 Å². The Labute approximate surface area is 247 Å². The Kier molecular flexibility index (Phi) is 10.4. The van der Waals surface area contributed by atoms with Crippen LogP contribution in [0.25, 0.3) is 0 Å². The lowest BCUT2D eigenvalue weighted by atomic mass is 9.77. The summed E-state index contributed by atoms with van der Waals surface area (Å²) in [6.07, 6.45) is 5.67. The number of fused-ring (bicyclic) bond motifs is 3. The number of methoxy groups -OCH3 is 1. The van der Waals surface area contributed by atoms with Gasteiger partial charge in [0.1, 0.15) is 12.2 Å². The summed E-state index contributed by atoms with van der Waals surface area (Å²) in [7, 11) is 1.50. The zero-order valence-electron chi connectivity index (χ0n) is 24.5. The van der Waals surface area contributed by atoms with Crippen molar-refractivity contribution in [2.24, 2.45) is 5.92 Å². The number of morpholine rings is 1. The van der Waals surface area contributed by atoms with E-state index in [0.29, 0.717) is 66.8 Å². The fourth-order valence-corrected chi connectivity index (χ4v) is 6.90. The Morgan fingerprint density at radius 1 is 1.17 bits per heavy atom. The molecule has 0 spiro atoms. The number of amides is 2. The van der Waals surface area contributed by atoms with Gasteiger partial charge in [-0.1, -0.05) is 25.7 Å². The number of carbonyl (C=O) groups excluding carboxylic acids is 2. The third kappa shape index (κ3) is 6.60. The lowest BCUT2D eigenvalue weighted by Gasteiger charge is -2.41. The fourth-order valence-electron chi connectivity index (χ4n) is 6.90. The van der Waals surface area contributed by atoms with Gasteiger partial charge in [-0.05, 0) is 36.1 Å². The van der Waals surface area contributed by atoms with Gasteiger partial charge in [0.05, 0.1) is 45.5 Å².